The molecule has 1 amide bonds. The van der Waals surface area contributed by atoms with Gasteiger partial charge in [0.15, 0.2) is 0 Å². The molecule has 1 aliphatic rings. The number of amides is 1. The number of aromatic nitrogens is 4. The summed E-state index contributed by atoms with van der Waals surface area (Å²) in [5, 5.41) is 36.4. The van der Waals surface area contributed by atoms with Gasteiger partial charge in [-0.05, 0) is 56.9 Å². The van der Waals surface area contributed by atoms with Gasteiger partial charge in [0.1, 0.15) is 18.2 Å². The van der Waals surface area contributed by atoms with Crippen LogP contribution in [0.3, 0.4) is 0 Å². The minimum atomic E-state index is -4.16. The summed E-state index contributed by atoms with van der Waals surface area (Å²) in [7, 11) is -7.40. The van der Waals surface area contributed by atoms with Gasteiger partial charge in [0, 0.05) is 0 Å². The van der Waals surface area contributed by atoms with Gasteiger partial charge in [-0.2, -0.15) is 4.68 Å². The third-order valence-electron chi connectivity index (χ3n) is 10.1. The normalized spacial score (nSPS) is 18.4. The van der Waals surface area contributed by atoms with E-state index < -0.39 is 70.4 Å². The average molecular weight is 756 g/mol. The summed E-state index contributed by atoms with van der Waals surface area (Å²) in [6, 6.07) is 37.2. The zero-order chi connectivity index (χ0) is 37.9. The van der Waals surface area contributed by atoms with E-state index in [4.69, 9.17) is 9.16 Å². The fourth-order valence-corrected chi connectivity index (χ4v) is 13.3. The molecule has 0 unspecified atom stereocenters. The Balaban J connectivity index is 1.39. The summed E-state index contributed by atoms with van der Waals surface area (Å²) in [5.41, 5.74) is -0.407. The van der Waals surface area contributed by atoms with Crippen LogP contribution < -0.4 is 10.4 Å². The molecule has 1 saturated heterocycles. The number of hydrogen-bond acceptors (Lipinski definition) is 10. The molecule has 12 nitrogen and oxygen atoms in total. The van der Waals surface area contributed by atoms with Gasteiger partial charge in [-0.25, -0.2) is 13.2 Å². The van der Waals surface area contributed by atoms with Crippen LogP contribution in [0.15, 0.2) is 126 Å². The number of para-hydroxylation sites is 1. The van der Waals surface area contributed by atoms with Crippen molar-refractivity contribution < 1.29 is 32.6 Å². The number of sulfone groups is 1. The lowest BCUT2D eigenvalue weighted by Crippen LogP contribution is -2.70. The van der Waals surface area contributed by atoms with Crippen molar-refractivity contribution in [2.45, 2.75) is 68.1 Å². The molecule has 6 rings (SSSR count). The maximum atomic E-state index is 13.8. The zero-order valence-electron chi connectivity index (χ0n) is 30.2. The lowest BCUT2D eigenvalue weighted by atomic mass is 9.86. The predicted molar refractivity (Wildman–Crippen MR) is 202 cm³/mol. The molecule has 2 heterocycles. The summed E-state index contributed by atoms with van der Waals surface area (Å²) in [6.45, 7) is 7.65. The first-order valence-corrected chi connectivity index (χ1v) is 21.1. The second-order valence-corrected chi connectivity index (χ2v) is 20.7. The van der Waals surface area contributed by atoms with Crippen LogP contribution in [0.2, 0.25) is 5.04 Å². The Hall–Kier alpha value is -4.73. The smallest absolute Gasteiger partial charge is 0.411 e. The van der Waals surface area contributed by atoms with Crippen molar-refractivity contribution in [1.29, 1.82) is 0 Å². The quantitative estimate of drug-likeness (QED) is 0.158. The maximum Gasteiger partial charge on any atom is 0.411 e. The van der Waals surface area contributed by atoms with Crippen LogP contribution in [0.1, 0.15) is 45.7 Å². The van der Waals surface area contributed by atoms with Gasteiger partial charge in [-0.3, -0.25) is 4.90 Å². The van der Waals surface area contributed by atoms with E-state index in [0.717, 1.165) is 20.6 Å². The van der Waals surface area contributed by atoms with Gasteiger partial charge in [-0.15, -0.1) is 0 Å². The van der Waals surface area contributed by atoms with Crippen LogP contribution in [0.5, 0.6) is 0 Å². The second-order valence-electron chi connectivity index (χ2n) is 14.4. The van der Waals surface area contributed by atoms with Gasteiger partial charge in [0.05, 0.1) is 30.2 Å². The number of rotatable bonds is 14. The van der Waals surface area contributed by atoms with Gasteiger partial charge in [-0.1, -0.05) is 135 Å². The lowest BCUT2D eigenvalue weighted by molar-refractivity contribution is -0.0940. The van der Waals surface area contributed by atoms with E-state index in [1.54, 1.807) is 30.3 Å². The number of aliphatic hydroxyl groups excluding tert-OH is 2. The molecule has 53 heavy (non-hydrogen) atoms. The highest BCUT2D eigenvalue weighted by Crippen LogP contribution is 2.42. The van der Waals surface area contributed by atoms with Crippen molar-refractivity contribution >= 4 is 34.6 Å². The van der Waals surface area contributed by atoms with Crippen molar-refractivity contribution in [1.82, 2.24) is 25.1 Å². The summed E-state index contributed by atoms with van der Waals surface area (Å²) in [6.07, 6.45) is -4.41. The van der Waals surface area contributed by atoms with Gasteiger partial charge in [0.2, 0.25) is 9.84 Å². The summed E-state index contributed by atoms with van der Waals surface area (Å²) < 4.78 is 41.4. The topological polar surface area (TPSA) is 157 Å². The highest BCUT2D eigenvalue weighted by Gasteiger charge is 2.59. The largest absolute Gasteiger partial charge is 0.447 e. The SMILES string of the molecule is C[C@@H](c1ccccc1)N1C(=O)OC[C@]1(CO[Si](c1ccccc1)(c1ccccc1)C(C)(C)C)[C@@H](O)[C@H](O)CCS(=O)(=O)c1nnnn1-c1ccccc1. The van der Waals surface area contributed by atoms with Gasteiger partial charge in [0.25, 0.3) is 13.5 Å². The van der Waals surface area contributed by atoms with Crippen molar-refractivity contribution in [3.05, 3.63) is 127 Å². The number of hydrogen-bond donors (Lipinski definition) is 2. The van der Waals surface area contributed by atoms with Crippen molar-refractivity contribution in [2.24, 2.45) is 0 Å². The molecule has 4 atom stereocenters. The van der Waals surface area contributed by atoms with Crippen LogP contribution in [-0.2, 0) is 19.0 Å². The number of ether oxygens (including phenoxy) is 1. The molecule has 0 radical (unpaired) electrons. The van der Waals surface area contributed by atoms with E-state index in [-0.39, 0.29) is 13.2 Å². The Labute approximate surface area is 311 Å². The first kappa shape index (κ1) is 38.0. The number of aliphatic hydroxyl groups is 2. The Bertz CT molecular complexity index is 2040. The van der Waals surface area contributed by atoms with Gasteiger partial charge >= 0.3 is 6.09 Å². The van der Waals surface area contributed by atoms with E-state index in [9.17, 15) is 23.4 Å². The Morgan fingerprint density at radius 3 is 1.94 bits per heavy atom. The van der Waals surface area contributed by atoms with Crippen LogP contribution in [0.4, 0.5) is 4.79 Å². The van der Waals surface area contributed by atoms with Crippen LogP contribution >= 0.6 is 0 Å². The lowest BCUT2D eigenvalue weighted by Gasteiger charge is -2.48. The summed E-state index contributed by atoms with van der Waals surface area (Å²) >= 11 is 0. The number of cyclic esters (lactones) is 1. The second kappa shape index (κ2) is 15.3. The summed E-state index contributed by atoms with van der Waals surface area (Å²) in [4.78, 5) is 15.2. The standard InChI is InChI=1S/C39H45N5O7SSi/c1-29(30-17-9-5-10-18-30)43-37(47)50-27-39(43,28-51-53(38(2,3)4,32-21-13-7-14-22-32)33-23-15-8-16-24-33)35(46)34(45)25-26-52(48,49)36-40-41-42-44(36)31-19-11-6-12-20-31/h5-24,29,34-35,45-46H,25-28H2,1-4H3/t29-,34+,35-,39-/m0/s1. The number of nitrogens with zero attached hydrogens (tertiary/aromatic N) is 5. The number of carbonyl (C=O) groups is 1. The third kappa shape index (κ3) is 7.29. The third-order valence-corrected chi connectivity index (χ3v) is 16.6. The minimum Gasteiger partial charge on any atom is -0.447 e. The van der Waals surface area contributed by atoms with Crippen molar-refractivity contribution in [2.75, 3.05) is 19.0 Å². The number of benzene rings is 4. The maximum absolute atomic E-state index is 13.8. The first-order chi connectivity index (χ1) is 25.3. The van der Waals surface area contributed by atoms with E-state index in [1.165, 1.54) is 4.90 Å². The van der Waals surface area contributed by atoms with E-state index in [0.29, 0.717) is 5.69 Å². The molecule has 5 aromatic rings. The fraction of sp³-hybridized carbons (Fsp3) is 0.333. The number of carbonyl (C=O) groups excluding carboxylic acids is 1. The summed E-state index contributed by atoms with van der Waals surface area (Å²) in [5.74, 6) is -0.590. The van der Waals surface area contributed by atoms with E-state index in [2.05, 4.69) is 36.3 Å². The average Bonchev–Trinajstić information content (AvgIpc) is 3.81. The zero-order valence-corrected chi connectivity index (χ0v) is 32.0. The molecule has 0 bridgehead atoms. The molecule has 0 aliphatic carbocycles. The van der Waals surface area contributed by atoms with E-state index in [1.807, 2.05) is 97.9 Å². The fourth-order valence-electron chi connectivity index (χ4n) is 7.34. The van der Waals surface area contributed by atoms with E-state index >= 15 is 0 Å². The predicted octanol–water partition coefficient (Wildman–Crippen LogP) is 4.08. The Morgan fingerprint density at radius 2 is 1.40 bits per heavy atom. The molecule has 1 aliphatic heterocycles. The van der Waals surface area contributed by atoms with Crippen molar-refractivity contribution in [3.63, 3.8) is 0 Å². The van der Waals surface area contributed by atoms with Crippen molar-refractivity contribution in [3.8, 4) is 5.69 Å². The Morgan fingerprint density at radius 1 is 0.868 bits per heavy atom. The Kier molecular flexibility index (Phi) is 11.0. The monoisotopic (exact) mass is 755 g/mol. The highest BCUT2D eigenvalue weighted by atomic mass is 32.2. The van der Waals surface area contributed by atoms with Crippen LogP contribution in [0, 0.1) is 0 Å². The molecule has 0 spiro atoms. The highest BCUT2D eigenvalue weighted by molar-refractivity contribution is 7.91. The van der Waals surface area contributed by atoms with Gasteiger partial charge < -0.3 is 19.4 Å². The molecule has 278 valence electrons. The molecular formula is C39H45N5O7SSi. The number of tetrazole rings is 1. The molecular weight excluding hydrogens is 711 g/mol. The minimum absolute atomic E-state index is 0.222. The molecule has 0 saturated carbocycles. The van der Waals surface area contributed by atoms with Crippen LogP contribution in [0.25, 0.3) is 5.69 Å². The molecule has 4 aromatic carbocycles. The first-order valence-electron chi connectivity index (χ1n) is 17.5. The molecule has 1 aromatic heterocycles. The molecule has 1 fully saturated rings. The molecule has 14 heteroatoms. The van der Waals surface area contributed by atoms with Crippen LogP contribution in [-0.4, -0.2) is 94.9 Å². The molecule has 2 N–H and O–H groups in total.